The molecule has 1 N–H and O–H groups in total. The number of rotatable bonds is 7. The summed E-state index contributed by atoms with van der Waals surface area (Å²) in [6.07, 6.45) is 3.68. The third kappa shape index (κ3) is 5.82. The first-order valence-electron chi connectivity index (χ1n) is 10.6. The van der Waals surface area contributed by atoms with Crippen molar-refractivity contribution in [3.05, 3.63) is 62.3 Å². The fourth-order valence-electron chi connectivity index (χ4n) is 3.73. The molecule has 1 unspecified atom stereocenters. The van der Waals surface area contributed by atoms with Crippen LogP contribution in [0.4, 0.5) is 10.6 Å². The molecule has 1 atom stereocenters. The van der Waals surface area contributed by atoms with Gasteiger partial charge in [0.1, 0.15) is 18.1 Å². The molecular formula is C22H24ClN5O3S2. The van der Waals surface area contributed by atoms with E-state index in [2.05, 4.69) is 22.0 Å². The van der Waals surface area contributed by atoms with Gasteiger partial charge in [0.05, 0.1) is 22.1 Å². The van der Waals surface area contributed by atoms with Gasteiger partial charge in [0.2, 0.25) is 0 Å². The summed E-state index contributed by atoms with van der Waals surface area (Å²) in [6, 6.07) is 5.73. The SMILES string of the molecule is C=CCOC(=O)N1CCCC(c2cc(NCc3ccc(Cl)s3)n(C(=O)c3cscn3)n2)CC1. The molecule has 0 bridgehead atoms. The lowest BCUT2D eigenvalue weighted by atomic mass is 9.97. The van der Waals surface area contributed by atoms with Gasteiger partial charge in [-0.2, -0.15) is 9.78 Å². The van der Waals surface area contributed by atoms with Gasteiger partial charge in [0.15, 0.2) is 0 Å². The minimum atomic E-state index is -0.322. The van der Waals surface area contributed by atoms with Crippen LogP contribution in [0.3, 0.4) is 0 Å². The molecule has 11 heteroatoms. The molecule has 0 saturated carbocycles. The molecule has 0 aromatic carbocycles. The number of nitrogens with one attached hydrogen (secondary N) is 1. The number of hydrogen-bond donors (Lipinski definition) is 1. The van der Waals surface area contributed by atoms with Crippen LogP contribution >= 0.6 is 34.3 Å². The molecule has 174 valence electrons. The number of carbonyl (C=O) groups is 2. The molecule has 0 aliphatic carbocycles. The normalized spacial score (nSPS) is 16.3. The first kappa shape index (κ1) is 23.5. The van der Waals surface area contributed by atoms with Crippen molar-refractivity contribution in [1.29, 1.82) is 0 Å². The van der Waals surface area contributed by atoms with Gasteiger partial charge in [-0.15, -0.1) is 22.7 Å². The van der Waals surface area contributed by atoms with Crippen LogP contribution in [0.5, 0.6) is 0 Å². The van der Waals surface area contributed by atoms with E-state index in [-0.39, 0.29) is 24.5 Å². The highest BCUT2D eigenvalue weighted by Crippen LogP contribution is 2.30. The summed E-state index contributed by atoms with van der Waals surface area (Å²) in [5, 5.41) is 9.70. The minimum absolute atomic E-state index is 0.128. The molecule has 3 aromatic heterocycles. The van der Waals surface area contributed by atoms with Crippen molar-refractivity contribution in [2.45, 2.75) is 31.7 Å². The third-order valence-electron chi connectivity index (χ3n) is 5.37. The highest BCUT2D eigenvalue weighted by molar-refractivity contribution is 7.16. The van der Waals surface area contributed by atoms with Crippen LogP contribution in [-0.4, -0.2) is 51.4 Å². The standard InChI is InChI=1S/C22H24ClN5O3S2/c1-2-10-31-22(30)27-8-3-4-15(7-9-27)17-11-20(24-12-16-5-6-19(23)33-16)28(26-17)21(29)18-13-32-14-25-18/h2,5-6,11,13-15,24H,1,3-4,7-10,12H2. The van der Waals surface area contributed by atoms with Gasteiger partial charge in [-0.25, -0.2) is 9.78 Å². The zero-order chi connectivity index (χ0) is 23.2. The van der Waals surface area contributed by atoms with Gasteiger partial charge in [-0.05, 0) is 31.4 Å². The molecular weight excluding hydrogens is 482 g/mol. The van der Waals surface area contributed by atoms with Gasteiger partial charge in [0.25, 0.3) is 5.91 Å². The number of amides is 1. The third-order valence-corrected chi connectivity index (χ3v) is 7.19. The van der Waals surface area contributed by atoms with E-state index in [1.165, 1.54) is 27.4 Å². The zero-order valence-corrected chi connectivity index (χ0v) is 20.3. The number of thiazole rings is 1. The van der Waals surface area contributed by atoms with Crippen LogP contribution in [-0.2, 0) is 11.3 Å². The van der Waals surface area contributed by atoms with E-state index in [1.54, 1.807) is 21.9 Å². The van der Waals surface area contributed by atoms with E-state index >= 15 is 0 Å². The minimum Gasteiger partial charge on any atom is -0.445 e. The highest BCUT2D eigenvalue weighted by Gasteiger charge is 2.26. The number of aromatic nitrogens is 3. The van der Waals surface area contributed by atoms with Crippen molar-refractivity contribution in [3.8, 4) is 0 Å². The number of hydrogen-bond acceptors (Lipinski definition) is 8. The Hall–Kier alpha value is -2.69. The molecule has 8 nitrogen and oxygen atoms in total. The maximum Gasteiger partial charge on any atom is 0.410 e. The van der Waals surface area contributed by atoms with Gasteiger partial charge in [-0.3, -0.25) is 4.79 Å². The second kappa shape index (κ2) is 11.0. The summed E-state index contributed by atoms with van der Waals surface area (Å²) >= 11 is 8.90. The van der Waals surface area contributed by atoms with E-state index in [0.29, 0.717) is 35.5 Å². The van der Waals surface area contributed by atoms with E-state index in [9.17, 15) is 9.59 Å². The lowest BCUT2D eigenvalue weighted by molar-refractivity contribution is 0.0942. The van der Waals surface area contributed by atoms with Crippen molar-refractivity contribution in [2.24, 2.45) is 0 Å². The Balaban J connectivity index is 1.52. The maximum atomic E-state index is 13.1. The summed E-state index contributed by atoms with van der Waals surface area (Å²) in [4.78, 5) is 32.2. The summed E-state index contributed by atoms with van der Waals surface area (Å²) in [7, 11) is 0. The monoisotopic (exact) mass is 505 g/mol. The van der Waals surface area contributed by atoms with Crippen molar-refractivity contribution in [3.63, 3.8) is 0 Å². The van der Waals surface area contributed by atoms with Crippen molar-refractivity contribution >= 4 is 52.1 Å². The topological polar surface area (TPSA) is 89.4 Å². The molecule has 1 amide bonds. The van der Waals surface area contributed by atoms with E-state index in [1.807, 2.05) is 18.2 Å². The summed E-state index contributed by atoms with van der Waals surface area (Å²) in [5.41, 5.74) is 2.81. The Labute approximate surface area is 204 Å². The van der Waals surface area contributed by atoms with Gasteiger partial charge in [0, 0.05) is 35.3 Å². The number of carbonyl (C=O) groups excluding carboxylic acids is 2. The largest absolute Gasteiger partial charge is 0.445 e. The number of thiophene rings is 1. The first-order chi connectivity index (χ1) is 16.0. The van der Waals surface area contributed by atoms with Crippen molar-refractivity contribution in [2.75, 3.05) is 25.0 Å². The average Bonchev–Trinajstić information content (AvgIpc) is 3.54. The maximum absolute atomic E-state index is 13.1. The Morgan fingerprint density at radius 1 is 1.33 bits per heavy atom. The van der Waals surface area contributed by atoms with Gasteiger partial charge < -0.3 is 15.0 Å². The van der Waals surface area contributed by atoms with Crippen molar-refractivity contribution in [1.82, 2.24) is 19.7 Å². The molecule has 4 rings (SSSR count). The Bertz CT molecular complexity index is 1110. The summed E-state index contributed by atoms with van der Waals surface area (Å²) in [5.74, 6) is 0.458. The molecule has 4 heterocycles. The first-order valence-corrected chi connectivity index (χ1v) is 12.7. The van der Waals surface area contributed by atoms with Gasteiger partial charge >= 0.3 is 6.09 Å². The number of nitrogens with zero attached hydrogens (tertiary/aromatic N) is 4. The molecule has 1 aliphatic heterocycles. The van der Waals surface area contributed by atoms with Crippen LogP contribution in [0.25, 0.3) is 0 Å². The Kier molecular flexibility index (Phi) is 7.79. The zero-order valence-electron chi connectivity index (χ0n) is 17.9. The van der Waals surface area contributed by atoms with Crippen LogP contribution in [0, 0.1) is 0 Å². The van der Waals surface area contributed by atoms with Crippen LogP contribution in [0.15, 0.2) is 41.7 Å². The Morgan fingerprint density at radius 3 is 2.94 bits per heavy atom. The van der Waals surface area contributed by atoms with E-state index in [0.717, 1.165) is 29.8 Å². The predicted octanol–water partition coefficient (Wildman–Crippen LogP) is 5.25. The van der Waals surface area contributed by atoms with E-state index < -0.39 is 0 Å². The molecule has 33 heavy (non-hydrogen) atoms. The quantitative estimate of drug-likeness (QED) is 0.441. The fraction of sp³-hybridized carbons (Fsp3) is 0.364. The smallest absolute Gasteiger partial charge is 0.410 e. The van der Waals surface area contributed by atoms with Crippen molar-refractivity contribution < 1.29 is 14.3 Å². The number of halogens is 1. The van der Waals surface area contributed by atoms with Crippen LogP contribution < -0.4 is 5.32 Å². The molecule has 1 saturated heterocycles. The fourth-order valence-corrected chi connectivity index (χ4v) is 5.28. The molecule has 0 spiro atoms. The van der Waals surface area contributed by atoms with Crippen LogP contribution in [0.2, 0.25) is 4.34 Å². The highest BCUT2D eigenvalue weighted by atomic mass is 35.5. The number of likely N-dealkylation sites (tertiary alicyclic amines) is 1. The Morgan fingerprint density at radius 2 is 2.21 bits per heavy atom. The predicted molar refractivity (Wildman–Crippen MR) is 130 cm³/mol. The summed E-state index contributed by atoms with van der Waals surface area (Å²) in [6.45, 7) is 5.51. The second-order valence-electron chi connectivity index (χ2n) is 7.58. The van der Waals surface area contributed by atoms with Crippen LogP contribution in [0.1, 0.15) is 46.2 Å². The number of ether oxygens (including phenoxy) is 1. The lowest BCUT2D eigenvalue weighted by Gasteiger charge is -2.19. The molecule has 1 aliphatic rings. The lowest BCUT2D eigenvalue weighted by Crippen LogP contribution is -2.32. The number of anilines is 1. The molecule has 3 aromatic rings. The molecule has 1 fully saturated rings. The second-order valence-corrected chi connectivity index (χ2v) is 10.1. The van der Waals surface area contributed by atoms with Gasteiger partial charge in [-0.1, -0.05) is 24.3 Å². The molecule has 0 radical (unpaired) electrons. The van der Waals surface area contributed by atoms with E-state index in [4.69, 9.17) is 16.3 Å². The average molecular weight is 506 g/mol. The summed E-state index contributed by atoms with van der Waals surface area (Å²) < 4.78 is 7.29.